The fourth-order valence-corrected chi connectivity index (χ4v) is 3.49. The Morgan fingerprint density at radius 1 is 1.30 bits per heavy atom. The molecule has 1 heterocycles. The van der Waals surface area contributed by atoms with Crippen molar-refractivity contribution in [2.45, 2.75) is 25.8 Å². The molecule has 1 aliphatic heterocycles. The fourth-order valence-electron chi connectivity index (χ4n) is 3.49. The topological polar surface area (TPSA) is 41.6 Å². The van der Waals surface area contributed by atoms with E-state index < -0.39 is 0 Å². The molecular formula is C19H24N2O2. The number of hydrogen-bond acceptors (Lipinski definition) is 3. The molecule has 23 heavy (non-hydrogen) atoms. The number of nitrogens with one attached hydrogen (secondary N) is 1. The minimum Gasteiger partial charge on any atom is -0.495 e. The molecule has 122 valence electrons. The van der Waals surface area contributed by atoms with Crippen LogP contribution in [0.1, 0.15) is 30.1 Å². The molecular weight excluding hydrogens is 288 g/mol. The van der Waals surface area contributed by atoms with E-state index in [-0.39, 0.29) is 5.91 Å². The minimum absolute atomic E-state index is 0.0597. The molecule has 4 heteroatoms. The molecule has 0 spiro atoms. The van der Waals surface area contributed by atoms with E-state index in [0.29, 0.717) is 23.9 Å². The Kier molecular flexibility index (Phi) is 4.82. The molecule has 0 aromatic heterocycles. The van der Waals surface area contributed by atoms with Gasteiger partial charge in [-0.3, -0.25) is 9.69 Å². The smallest absolute Gasteiger partial charge is 0.255 e. The fraction of sp³-hybridized carbons (Fsp3) is 0.421. The van der Waals surface area contributed by atoms with Gasteiger partial charge in [-0.05, 0) is 37.4 Å². The summed E-state index contributed by atoms with van der Waals surface area (Å²) in [6.45, 7) is 5.05. The summed E-state index contributed by atoms with van der Waals surface area (Å²) in [5.74, 6) is 0.593. The zero-order valence-corrected chi connectivity index (χ0v) is 13.8. The second-order valence-corrected chi connectivity index (χ2v) is 6.00. The Bertz CT molecular complexity index is 699. The van der Waals surface area contributed by atoms with Gasteiger partial charge in [0, 0.05) is 18.0 Å². The zero-order chi connectivity index (χ0) is 16.2. The molecule has 0 bridgehead atoms. The van der Waals surface area contributed by atoms with Crippen molar-refractivity contribution in [3.63, 3.8) is 0 Å². The highest BCUT2D eigenvalue weighted by molar-refractivity contribution is 6.03. The van der Waals surface area contributed by atoms with Gasteiger partial charge in [0.1, 0.15) is 5.75 Å². The highest BCUT2D eigenvalue weighted by Gasteiger charge is 2.24. The monoisotopic (exact) mass is 312 g/mol. The van der Waals surface area contributed by atoms with Crippen LogP contribution >= 0.6 is 0 Å². The van der Waals surface area contributed by atoms with Crippen molar-refractivity contribution in [2.24, 2.45) is 0 Å². The van der Waals surface area contributed by atoms with Gasteiger partial charge in [0.25, 0.3) is 5.91 Å². The molecule has 0 saturated carbocycles. The minimum atomic E-state index is -0.0597. The molecule has 2 aromatic rings. The van der Waals surface area contributed by atoms with E-state index in [4.69, 9.17) is 4.74 Å². The second kappa shape index (κ2) is 7.01. The third-order valence-electron chi connectivity index (χ3n) is 4.73. The average molecular weight is 312 g/mol. The number of ether oxygens (including phenoxy) is 1. The van der Waals surface area contributed by atoms with E-state index in [1.165, 1.54) is 6.42 Å². The molecule has 3 rings (SSSR count). The molecule has 1 aliphatic rings. The van der Waals surface area contributed by atoms with Crippen LogP contribution in [-0.4, -0.2) is 43.6 Å². The van der Waals surface area contributed by atoms with Crippen LogP contribution in [0, 0.1) is 0 Å². The van der Waals surface area contributed by atoms with Gasteiger partial charge in [0.2, 0.25) is 0 Å². The van der Waals surface area contributed by atoms with E-state index in [9.17, 15) is 4.79 Å². The maximum Gasteiger partial charge on any atom is 0.255 e. The Labute approximate surface area is 137 Å². The summed E-state index contributed by atoms with van der Waals surface area (Å²) >= 11 is 0. The van der Waals surface area contributed by atoms with Gasteiger partial charge in [-0.25, -0.2) is 0 Å². The van der Waals surface area contributed by atoms with Crippen LogP contribution in [0.2, 0.25) is 0 Å². The first kappa shape index (κ1) is 15.8. The summed E-state index contributed by atoms with van der Waals surface area (Å²) in [6, 6.07) is 12.2. The molecule has 1 saturated heterocycles. The number of methoxy groups -OCH3 is 1. The van der Waals surface area contributed by atoms with Gasteiger partial charge in [-0.1, -0.05) is 37.3 Å². The molecule has 1 N–H and O–H groups in total. The first-order chi connectivity index (χ1) is 11.2. The summed E-state index contributed by atoms with van der Waals surface area (Å²) in [4.78, 5) is 15.0. The Morgan fingerprint density at radius 2 is 2.13 bits per heavy atom. The molecule has 0 radical (unpaired) electrons. The van der Waals surface area contributed by atoms with E-state index in [0.717, 1.165) is 30.3 Å². The summed E-state index contributed by atoms with van der Waals surface area (Å²) in [5.41, 5.74) is 0.604. The normalized spacial score (nSPS) is 18.3. The Hall–Kier alpha value is -2.07. The number of nitrogens with zero attached hydrogens (tertiary/aromatic N) is 1. The van der Waals surface area contributed by atoms with Gasteiger partial charge in [0.15, 0.2) is 0 Å². The number of likely N-dealkylation sites (N-methyl/N-ethyl adjacent to an activating group) is 1. The van der Waals surface area contributed by atoms with Gasteiger partial charge < -0.3 is 10.1 Å². The van der Waals surface area contributed by atoms with E-state index in [1.807, 2.05) is 36.4 Å². The molecule has 1 atom stereocenters. The predicted molar refractivity (Wildman–Crippen MR) is 93.1 cm³/mol. The number of likely N-dealkylation sites (tertiary alicyclic amines) is 1. The summed E-state index contributed by atoms with van der Waals surface area (Å²) in [6.07, 6.45) is 2.37. The van der Waals surface area contributed by atoms with Crippen molar-refractivity contribution >= 4 is 16.7 Å². The number of rotatable bonds is 5. The van der Waals surface area contributed by atoms with Gasteiger partial charge in [-0.2, -0.15) is 0 Å². The van der Waals surface area contributed by atoms with Crippen LogP contribution in [0.3, 0.4) is 0 Å². The summed E-state index contributed by atoms with van der Waals surface area (Å²) in [7, 11) is 1.62. The van der Waals surface area contributed by atoms with Crippen molar-refractivity contribution in [1.82, 2.24) is 10.2 Å². The lowest BCUT2D eigenvalue weighted by Gasteiger charge is -2.23. The zero-order valence-electron chi connectivity index (χ0n) is 13.8. The average Bonchev–Trinajstić information content (AvgIpc) is 3.06. The van der Waals surface area contributed by atoms with Gasteiger partial charge in [0.05, 0.1) is 12.7 Å². The SMILES string of the molecule is CCN1CCCC1CNC(=O)c1ccc2ccccc2c1OC. The lowest BCUT2D eigenvalue weighted by molar-refractivity contribution is 0.0938. The van der Waals surface area contributed by atoms with Crippen molar-refractivity contribution in [3.05, 3.63) is 42.0 Å². The molecule has 1 amide bonds. The van der Waals surface area contributed by atoms with Crippen LogP contribution in [0.25, 0.3) is 10.8 Å². The van der Waals surface area contributed by atoms with Crippen LogP contribution < -0.4 is 10.1 Å². The highest BCUT2D eigenvalue weighted by Crippen LogP contribution is 2.29. The standard InChI is InChI=1S/C19H24N2O2/c1-3-21-12-6-8-15(21)13-20-19(22)17-11-10-14-7-4-5-9-16(14)18(17)23-2/h4-5,7,9-11,15H,3,6,8,12-13H2,1-2H3,(H,20,22). The van der Waals surface area contributed by atoms with Crippen molar-refractivity contribution < 1.29 is 9.53 Å². The first-order valence-electron chi connectivity index (χ1n) is 8.32. The van der Waals surface area contributed by atoms with E-state index in [2.05, 4.69) is 17.1 Å². The third-order valence-corrected chi connectivity index (χ3v) is 4.73. The number of hydrogen-bond donors (Lipinski definition) is 1. The second-order valence-electron chi connectivity index (χ2n) is 6.00. The van der Waals surface area contributed by atoms with Crippen molar-refractivity contribution in [2.75, 3.05) is 26.7 Å². The van der Waals surface area contributed by atoms with Gasteiger partial charge >= 0.3 is 0 Å². The van der Waals surface area contributed by atoms with Crippen LogP contribution in [0.5, 0.6) is 5.75 Å². The van der Waals surface area contributed by atoms with Gasteiger partial charge in [-0.15, -0.1) is 0 Å². The number of carbonyl (C=O) groups excluding carboxylic acids is 1. The molecule has 4 nitrogen and oxygen atoms in total. The first-order valence-corrected chi connectivity index (χ1v) is 8.32. The maximum absolute atomic E-state index is 12.6. The predicted octanol–water partition coefficient (Wildman–Crippen LogP) is 3.06. The van der Waals surface area contributed by atoms with Crippen LogP contribution in [0.15, 0.2) is 36.4 Å². The third kappa shape index (κ3) is 3.17. The number of benzene rings is 2. The van der Waals surface area contributed by atoms with Crippen LogP contribution in [-0.2, 0) is 0 Å². The largest absolute Gasteiger partial charge is 0.495 e. The molecule has 1 fully saturated rings. The van der Waals surface area contributed by atoms with Crippen molar-refractivity contribution in [3.8, 4) is 5.75 Å². The summed E-state index contributed by atoms with van der Waals surface area (Å²) < 4.78 is 5.52. The number of carbonyl (C=O) groups is 1. The number of amides is 1. The molecule has 1 unspecified atom stereocenters. The summed E-state index contributed by atoms with van der Waals surface area (Å²) in [5, 5.41) is 5.13. The molecule has 2 aromatic carbocycles. The van der Waals surface area contributed by atoms with Crippen molar-refractivity contribution in [1.29, 1.82) is 0 Å². The van der Waals surface area contributed by atoms with Crippen LogP contribution in [0.4, 0.5) is 0 Å². The van der Waals surface area contributed by atoms with E-state index in [1.54, 1.807) is 7.11 Å². The lowest BCUT2D eigenvalue weighted by atomic mass is 10.0. The highest BCUT2D eigenvalue weighted by atomic mass is 16.5. The Balaban J connectivity index is 1.78. The number of fused-ring (bicyclic) bond motifs is 1. The van der Waals surface area contributed by atoms with E-state index >= 15 is 0 Å². The molecule has 0 aliphatic carbocycles. The lowest BCUT2D eigenvalue weighted by Crippen LogP contribution is -2.40. The maximum atomic E-state index is 12.6. The Morgan fingerprint density at radius 3 is 2.91 bits per heavy atom. The quantitative estimate of drug-likeness (QED) is 0.922.